The van der Waals surface area contributed by atoms with Crippen LogP contribution < -0.4 is 0 Å². The van der Waals surface area contributed by atoms with E-state index in [0.29, 0.717) is 6.54 Å². The standard InChI is InChI=1S/C19H22N4O2/c1-22-12-13(11-21-22)9-17-18(25-2)6-8-23(17)19(24)15-3-4-16-14(10-15)5-7-20-16/h3-5,7,10-12,17-18,20H,6,8-9H2,1-2H3/t17-,18-/m0/s1. The smallest absolute Gasteiger partial charge is 0.254 e. The molecule has 6 nitrogen and oxygen atoms in total. The van der Waals surface area contributed by atoms with Crippen LogP contribution in [0.1, 0.15) is 22.3 Å². The quantitative estimate of drug-likeness (QED) is 0.794. The number of rotatable bonds is 4. The number of aromatic nitrogens is 3. The van der Waals surface area contributed by atoms with Gasteiger partial charge < -0.3 is 14.6 Å². The van der Waals surface area contributed by atoms with Crippen molar-refractivity contribution < 1.29 is 9.53 Å². The lowest BCUT2D eigenvalue weighted by molar-refractivity contribution is 0.0508. The summed E-state index contributed by atoms with van der Waals surface area (Å²) in [6.07, 6.45) is 7.42. The number of nitrogens with one attached hydrogen (secondary N) is 1. The van der Waals surface area contributed by atoms with Crippen LogP contribution >= 0.6 is 0 Å². The van der Waals surface area contributed by atoms with Crippen molar-refractivity contribution in [1.82, 2.24) is 19.7 Å². The molecular formula is C19H22N4O2. The number of aromatic amines is 1. The Balaban J connectivity index is 1.60. The molecule has 0 unspecified atom stereocenters. The minimum Gasteiger partial charge on any atom is -0.379 e. The first-order chi connectivity index (χ1) is 12.2. The predicted octanol–water partition coefficient (Wildman–Crippen LogP) is 2.37. The summed E-state index contributed by atoms with van der Waals surface area (Å²) >= 11 is 0. The number of benzene rings is 1. The maximum atomic E-state index is 13.1. The van der Waals surface area contributed by atoms with Gasteiger partial charge in [-0.05, 0) is 42.7 Å². The minimum absolute atomic E-state index is 0.0311. The van der Waals surface area contributed by atoms with E-state index in [-0.39, 0.29) is 18.1 Å². The fourth-order valence-corrected chi connectivity index (χ4v) is 3.76. The molecule has 130 valence electrons. The highest BCUT2D eigenvalue weighted by Crippen LogP contribution is 2.26. The van der Waals surface area contributed by atoms with Crippen LogP contribution in [0.5, 0.6) is 0 Å². The molecule has 4 rings (SSSR count). The Bertz CT molecular complexity index is 898. The molecule has 0 aliphatic carbocycles. The number of H-pyrrole nitrogens is 1. The molecule has 1 aromatic carbocycles. The Morgan fingerprint density at radius 3 is 3.04 bits per heavy atom. The third kappa shape index (κ3) is 2.93. The van der Waals surface area contributed by atoms with Gasteiger partial charge in [-0.25, -0.2) is 0 Å². The van der Waals surface area contributed by atoms with Gasteiger partial charge in [0, 0.05) is 49.6 Å². The van der Waals surface area contributed by atoms with E-state index in [2.05, 4.69) is 10.1 Å². The number of hydrogen-bond acceptors (Lipinski definition) is 3. The first kappa shape index (κ1) is 15.9. The lowest BCUT2D eigenvalue weighted by Gasteiger charge is -2.27. The first-order valence-electron chi connectivity index (χ1n) is 8.54. The number of methoxy groups -OCH3 is 1. The molecule has 2 aromatic heterocycles. The van der Waals surface area contributed by atoms with Crippen molar-refractivity contribution in [2.75, 3.05) is 13.7 Å². The van der Waals surface area contributed by atoms with Crippen molar-refractivity contribution in [2.24, 2.45) is 7.05 Å². The zero-order valence-corrected chi connectivity index (χ0v) is 14.5. The van der Waals surface area contributed by atoms with Crippen LogP contribution in [-0.4, -0.2) is 51.4 Å². The van der Waals surface area contributed by atoms with E-state index in [0.717, 1.165) is 34.9 Å². The number of hydrogen-bond donors (Lipinski definition) is 1. The number of likely N-dealkylation sites (tertiary alicyclic amines) is 1. The molecule has 0 bridgehead atoms. The normalized spacial score (nSPS) is 20.5. The number of aryl methyl sites for hydroxylation is 1. The molecule has 0 radical (unpaired) electrons. The third-order valence-electron chi connectivity index (χ3n) is 5.05. The zero-order chi connectivity index (χ0) is 17.4. The van der Waals surface area contributed by atoms with E-state index in [4.69, 9.17) is 4.74 Å². The Kier molecular flexibility index (Phi) is 4.05. The van der Waals surface area contributed by atoms with Gasteiger partial charge in [-0.2, -0.15) is 5.10 Å². The Hall–Kier alpha value is -2.60. The van der Waals surface area contributed by atoms with E-state index in [1.54, 1.807) is 11.8 Å². The summed E-state index contributed by atoms with van der Waals surface area (Å²) < 4.78 is 7.44. The van der Waals surface area contributed by atoms with Crippen molar-refractivity contribution in [1.29, 1.82) is 0 Å². The summed E-state index contributed by atoms with van der Waals surface area (Å²) in [4.78, 5) is 18.2. The van der Waals surface area contributed by atoms with E-state index >= 15 is 0 Å². The molecule has 1 N–H and O–H groups in total. The van der Waals surface area contributed by atoms with Gasteiger partial charge in [0.05, 0.1) is 18.3 Å². The SMILES string of the molecule is CO[C@H]1CCN(C(=O)c2ccc3[nH]ccc3c2)[C@H]1Cc1cnn(C)c1. The summed E-state index contributed by atoms with van der Waals surface area (Å²) in [7, 11) is 3.63. The van der Waals surface area contributed by atoms with Crippen LogP contribution in [0.2, 0.25) is 0 Å². The van der Waals surface area contributed by atoms with Crippen LogP contribution in [0.15, 0.2) is 42.9 Å². The van der Waals surface area contributed by atoms with Gasteiger partial charge in [-0.3, -0.25) is 9.48 Å². The van der Waals surface area contributed by atoms with E-state index in [1.807, 2.05) is 54.8 Å². The summed E-state index contributed by atoms with van der Waals surface area (Å²) in [5, 5.41) is 5.29. The number of carbonyl (C=O) groups excluding carboxylic acids is 1. The second kappa shape index (κ2) is 6.37. The first-order valence-corrected chi connectivity index (χ1v) is 8.54. The van der Waals surface area contributed by atoms with Gasteiger partial charge in [0.15, 0.2) is 0 Å². The molecule has 1 aliphatic heterocycles. The topological polar surface area (TPSA) is 63.1 Å². The van der Waals surface area contributed by atoms with E-state index < -0.39 is 0 Å². The number of amides is 1. The Morgan fingerprint density at radius 2 is 2.28 bits per heavy atom. The average Bonchev–Trinajstić information content (AvgIpc) is 3.33. The molecule has 25 heavy (non-hydrogen) atoms. The summed E-state index contributed by atoms with van der Waals surface area (Å²) in [6, 6.07) is 7.82. The largest absolute Gasteiger partial charge is 0.379 e. The molecule has 0 spiro atoms. The molecule has 3 aromatic rings. The summed E-state index contributed by atoms with van der Waals surface area (Å²) in [5.41, 5.74) is 2.88. The molecule has 3 heterocycles. The molecule has 1 fully saturated rings. The van der Waals surface area contributed by atoms with Crippen LogP contribution in [0, 0.1) is 0 Å². The minimum atomic E-state index is 0.0311. The van der Waals surface area contributed by atoms with Gasteiger partial charge in [0.2, 0.25) is 0 Å². The van der Waals surface area contributed by atoms with E-state index in [9.17, 15) is 4.79 Å². The summed E-state index contributed by atoms with van der Waals surface area (Å²) in [5.74, 6) is 0.0662. The van der Waals surface area contributed by atoms with Crippen molar-refractivity contribution >= 4 is 16.8 Å². The lowest BCUT2D eigenvalue weighted by Crippen LogP contribution is -2.41. The van der Waals surface area contributed by atoms with Crippen molar-refractivity contribution in [2.45, 2.75) is 25.0 Å². The fourth-order valence-electron chi connectivity index (χ4n) is 3.76. The van der Waals surface area contributed by atoms with Crippen LogP contribution in [0.4, 0.5) is 0 Å². The monoisotopic (exact) mass is 338 g/mol. The highest BCUT2D eigenvalue weighted by atomic mass is 16.5. The average molecular weight is 338 g/mol. The molecule has 0 saturated carbocycles. The number of nitrogens with zero attached hydrogens (tertiary/aromatic N) is 3. The molecule has 1 saturated heterocycles. The highest BCUT2D eigenvalue weighted by Gasteiger charge is 2.37. The number of ether oxygens (including phenoxy) is 1. The van der Waals surface area contributed by atoms with Gasteiger partial charge in [0.25, 0.3) is 5.91 Å². The molecule has 1 aliphatic rings. The molecule has 6 heteroatoms. The molecular weight excluding hydrogens is 316 g/mol. The second-order valence-electron chi connectivity index (χ2n) is 6.63. The van der Waals surface area contributed by atoms with Crippen molar-refractivity contribution in [3.63, 3.8) is 0 Å². The van der Waals surface area contributed by atoms with Gasteiger partial charge in [-0.15, -0.1) is 0 Å². The second-order valence-corrected chi connectivity index (χ2v) is 6.63. The van der Waals surface area contributed by atoms with Crippen LogP contribution in [-0.2, 0) is 18.2 Å². The van der Waals surface area contributed by atoms with Gasteiger partial charge in [0.1, 0.15) is 0 Å². The van der Waals surface area contributed by atoms with Crippen LogP contribution in [0.3, 0.4) is 0 Å². The Morgan fingerprint density at radius 1 is 1.40 bits per heavy atom. The fraction of sp³-hybridized carbons (Fsp3) is 0.368. The molecule has 2 atom stereocenters. The lowest BCUT2D eigenvalue weighted by atomic mass is 10.0. The summed E-state index contributed by atoms with van der Waals surface area (Å²) in [6.45, 7) is 0.716. The maximum absolute atomic E-state index is 13.1. The highest BCUT2D eigenvalue weighted by molar-refractivity contribution is 5.98. The van der Waals surface area contributed by atoms with Gasteiger partial charge >= 0.3 is 0 Å². The third-order valence-corrected chi connectivity index (χ3v) is 5.05. The molecule has 1 amide bonds. The van der Waals surface area contributed by atoms with Gasteiger partial charge in [-0.1, -0.05) is 0 Å². The van der Waals surface area contributed by atoms with Crippen molar-refractivity contribution in [3.05, 3.63) is 54.0 Å². The number of fused-ring (bicyclic) bond motifs is 1. The maximum Gasteiger partial charge on any atom is 0.254 e. The zero-order valence-electron chi connectivity index (χ0n) is 14.5. The Labute approximate surface area is 146 Å². The number of carbonyl (C=O) groups is 1. The predicted molar refractivity (Wildman–Crippen MR) is 95.4 cm³/mol. The van der Waals surface area contributed by atoms with E-state index in [1.165, 1.54) is 0 Å². The van der Waals surface area contributed by atoms with Crippen LogP contribution in [0.25, 0.3) is 10.9 Å². The van der Waals surface area contributed by atoms with Crippen molar-refractivity contribution in [3.8, 4) is 0 Å².